The van der Waals surface area contributed by atoms with Gasteiger partial charge in [0.2, 0.25) is 5.95 Å². The van der Waals surface area contributed by atoms with Crippen LogP contribution in [0, 0.1) is 5.41 Å². The van der Waals surface area contributed by atoms with Crippen molar-refractivity contribution in [3.63, 3.8) is 0 Å². The summed E-state index contributed by atoms with van der Waals surface area (Å²) in [5, 5.41) is 2.71. The highest BCUT2D eigenvalue weighted by Crippen LogP contribution is 2.56. The molecular formula is C29H38BrN6O8P. The number of esters is 2. The molecule has 0 saturated heterocycles. The molecule has 16 heteroatoms. The number of ether oxygens (including phenoxy) is 2. The summed E-state index contributed by atoms with van der Waals surface area (Å²) in [6, 6.07) is 5.58. The van der Waals surface area contributed by atoms with Crippen LogP contribution in [0.5, 0.6) is 5.75 Å². The smallest absolute Gasteiger partial charge is 0.459 e. The van der Waals surface area contributed by atoms with Gasteiger partial charge in [-0.2, -0.15) is 10.1 Å². The summed E-state index contributed by atoms with van der Waals surface area (Å²) in [5.74, 6) is -0.826. The van der Waals surface area contributed by atoms with E-state index in [4.69, 9.17) is 24.3 Å². The van der Waals surface area contributed by atoms with Gasteiger partial charge in [-0.3, -0.25) is 28.5 Å². The molecule has 1 aliphatic carbocycles. The normalized spacial score (nSPS) is 19.5. The summed E-state index contributed by atoms with van der Waals surface area (Å²) < 4.78 is 39.4. The third kappa shape index (κ3) is 9.03. The zero-order valence-corrected chi connectivity index (χ0v) is 28.1. The first-order valence-corrected chi connectivity index (χ1v) is 17.0. The van der Waals surface area contributed by atoms with Crippen LogP contribution >= 0.6 is 23.7 Å². The fraction of sp³-hybridized carbons (Fsp3) is 0.483. The number of carbonyl (C=O) groups is 2. The van der Waals surface area contributed by atoms with Crippen molar-refractivity contribution in [1.29, 1.82) is 0 Å². The van der Waals surface area contributed by atoms with Crippen LogP contribution in [0.2, 0.25) is 0 Å². The Balaban J connectivity index is 1.60. The highest BCUT2D eigenvalue weighted by Gasteiger charge is 2.52. The molecule has 14 nitrogen and oxygen atoms in total. The molecule has 2 aromatic heterocycles. The number of nitrogens with zero attached hydrogens (tertiary/aromatic N) is 3. The van der Waals surface area contributed by atoms with Gasteiger partial charge >= 0.3 is 19.7 Å². The fourth-order valence-electron chi connectivity index (χ4n) is 4.52. The van der Waals surface area contributed by atoms with Gasteiger partial charge in [0.1, 0.15) is 24.7 Å². The lowest BCUT2D eigenvalue weighted by molar-refractivity contribution is -0.150. The second kappa shape index (κ2) is 14.7. The molecular weight excluding hydrogens is 671 g/mol. The van der Waals surface area contributed by atoms with Crippen LogP contribution in [0.25, 0.3) is 17.4 Å². The number of nitrogens with two attached hydrogens (primary N) is 1. The van der Waals surface area contributed by atoms with Crippen molar-refractivity contribution in [2.75, 3.05) is 18.9 Å². The van der Waals surface area contributed by atoms with E-state index in [0.717, 1.165) is 16.5 Å². The predicted octanol–water partition coefficient (Wildman–Crippen LogP) is 4.95. The minimum Gasteiger partial charge on any atom is -0.465 e. The molecule has 1 saturated carbocycles. The number of anilines is 1. The number of rotatable bonds is 16. The molecule has 4 atom stereocenters. The molecule has 0 aliphatic heterocycles. The van der Waals surface area contributed by atoms with Crippen molar-refractivity contribution in [2.45, 2.75) is 71.9 Å². The SMILES string of the molecule is CCCC(=O)OC[C@@]1(CO[P@@](=O)(N[C@@H](C)C(=O)O[C@@H](C)CCC)Oc2ccc(Br)cc2)C/C1=C/n1cnc2c(=O)[nH]c(N)nc21. The number of aromatic amines is 1. The summed E-state index contributed by atoms with van der Waals surface area (Å²) in [4.78, 5) is 48.1. The summed E-state index contributed by atoms with van der Waals surface area (Å²) in [6.07, 6.45) is 5.55. The maximum Gasteiger partial charge on any atom is 0.459 e. The zero-order valence-electron chi connectivity index (χ0n) is 25.6. The van der Waals surface area contributed by atoms with Crippen molar-refractivity contribution >= 4 is 58.9 Å². The third-order valence-corrected chi connectivity index (χ3v) is 9.21. The summed E-state index contributed by atoms with van der Waals surface area (Å²) in [6.45, 7) is 6.88. The number of carbonyl (C=O) groups excluding carboxylic acids is 2. The number of aromatic nitrogens is 4. The molecule has 45 heavy (non-hydrogen) atoms. The minimum absolute atomic E-state index is 0.0646. The number of halogens is 1. The largest absolute Gasteiger partial charge is 0.465 e. The lowest BCUT2D eigenvalue weighted by atomic mass is 10.1. The molecule has 244 valence electrons. The number of hydrogen-bond acceptors (Lipinski definition) is 11. The first-order valence-electron chi connectivity index (χ1n) is 14.6. The van der Waals surface area contributed by atoms with Gasteiger partial charge in [-0.15, -0.1) is 0 Å². The van der Waals surface area contributed by atoms with Crippen LogP contribution in [0.1, 0.15) is 59.8 Å². The van der Waals surface area contributed by atoms with E-state index in [1.807, 2.05) is 13.8 Å². The van der Waals surface area contributed by atoms with Crippen LogP contribution in [0.4, 0.5) is 5.95 Å². The monoisotopic (exact) mass is 708 g/mol. The van der Waals surface area contributed by atoms with Crippen molar-refractivity contribution in [1.82, 2.24) is 24.6 Å². The fourth-order valence-corrected chi connectivity index (χ4v) is 6.36. The minimum atomic E-state index is -4.22. The average Bonchev–Trinajstić information content (AvgIpc) is 3.51. The Bertz CT molecular complexity index is 1660. The van der Waals surface area contributed by atoms with E-state index in [1.54, 1.807) is 37.4 Å². The number of benzene rings is 1. The Morgan fingerprint density at radius 3 is 2.64 bits per heavy atom. The van der Waals surface area contributed by atoms with Gasteiger partial charge in [-0.05, 0) is 62.9 Å². The number of H-pyrrole nitrogens is 1. The average molecular weight is 710 g/mol. The first-order chi connectivity index (χ1) is 21.4. The lowest BCUT2D eigenvalue weighted by Crippen LogP contribution is -2.37. The van der Waals surface area contributed by atoms with Gasteiger partial charge in [0.25, 0.3) is 5.56 Å². The Morgan fingerprint density at radius 1 is 1.22 bits per heavy atom. The molecule has 0 amide bonds. The van der Waals surface area contributed by atoms with E-state index in [0.29, 0.717) is 19.3 Å². The molecule has 3 aromatic rings. The molecule has 1 fully saturated rings. The van der Waals surface area contributed by atoms with Crippen molar-refractivity contribution in [2.24, 2.45) is 5.41 Å². The van der Waals surface area contributed by atoms with Gasteiger partial charge in [-0.25, -0.2) is 9.55 Å². The Kier molecular flexibility index (Phi) is 11.2. The van der Waals surface area contributed by atoms with E-state index in [1.165, 1.54) is 17.8 Å². The maximum atomic E-state index is 14.2. The number of nitrogens with one attached hydrogen (secondary N) is 2. The van der Waals surface area contributed by atoms with Gasteiger partial charge in [0.15, 0.2) is 11.2 Å². The number of nitrogen functional groups attached to an aromatic ring is 1. The van der Waals surface area contributed by atoms with Gasteiger partial charge in [0, 0.05) is 17.1 Å². The topological polar surface area (TPSA) is 190 Å². The van der Waals surface area contributed by atoms with Crippen molar-refractivity contribution < 1.29 is 32.7 Å². The highest BCUT2D eigenvalue weighted by atomic mass is 79.9. The molecule has 2 heterocycles. The third-order valence-electron chi connectivity index (χ3n) is 7.06. The van der Waals surface area contributed by atoms with Gasteiger partial charge < -0.3 is 19.7 Å². The Labute approximate surface area is 268 Å². The van der Waals surface area contributed by atoms with Crippen molar-refractivity contribution in [3.8, 4) is 5.75 Å². The summed E-state index contributed by atoms with van der Waals surface area (Å²) in [5.41, 5.74) is 5.46. The van der Waals surface area contributed by atoms with Crippen LogP contribution in [-0.4, -0.2) is 56.8 Å². The zero-order chi connectivity index (χ0) is 32.8. The van der Waals surface area contributed by atoms with E-state index in [9.17, 15) is 18.9 Å². The molecule has 1 aliphatic rings. The number of fused-ring (bicyclic) bond motifs is 1. The predicted molar refractivity (Wildman–Crippen MR) is 171 cm³/mol. The van der Waals surface area contributed by atoms with E-state index in [2.05, 4.69) is 36.0 Å². The van der Waals surface area contributed by atoms with Crippen molar-refractivity contribution in [3.05, 3.63) is 51.0 Å². The van der Waals surface area contributed by atoms with E-state index < -0.39 is 30.7 Å². The lowest BCUT2D eigenvalue weighted by Gasteiger charge is -2.25. The molecule has 0 radical (unpaired) electrons. The molecule has 0 spiro atoms. The van der Waals surface area contributed by atoms with E-state index in [-0.39, 0.29) is 54.6 Å². The standard InChI is InChI=1S/C29H38BrN6O8P/c1-5-7-18(3)43-27(39)19(4)35-45(40,44-22-11-9-21(30)10-12-22)42-16-29(15-41-23(37)8-6-2)13-20(29)14-36-17-32-24-25(36)33-28(31)34-26(24)38/h9-12,14,17-19H,5-8,13,15-16H2,1-4H3,(H,35,40)(H3,31,33,34,38)/b20-14-/t18-,19-,29+,45-/m0/s1. The summed E-state index contributed by atoms with van der Waals surface area (Å²) in [7, 11) is -4.22. The second-order valence-corrected chi connectivity index (χ2v) is 13.6. The van der Waals surface area contributed by atoms with Crippen LogP contribution in [0.15, 0.2) is 45.4 Å². The van der Waals surface area contributed by atoms with Crippen LogP contribution in [0.3, 0.4) is 0 Å². The molecule has 4 N–H and O–H groups in total. The summed E-state index contributed by atoms with van der Waals surface area (Å²) >= 11 is 3.36. The second-order valence-electron chi connectivity index (χ2n) is 11.0. The number of hydrogen-bond donors (Lipinski definition) is 3. The quantitative estimate of drug-likeness (QED) is 0.134. The maximum absolute atomic E-state index is 14.2. The highest BCUT2D eigenvalue weighted by molar-refractivity contribution is 9.10. The van der Waals surface area contributed by atoms with Crippen LogP contribution in [-0.2, 0) is 28.2 Å². The number of imidazole rings is 1. The Morgan fingerprint density at radius 2 is 1.96 bits per heavy atom. The molecule has 4 rings (SSSR count). The molecule has 1 aromatic carbocycles. The van der Waals surface area contributed by atoms with Gasteiger partial charge in [-0.1, -0.05) is 36.2 Å². The first kappa shape index (κ1) is 34.4. The molecule has 0 bridgehead atoms. The van der Waals surface area contributed by atoms with Crippen LogP contribution < -0.4 is 20.9 Å². The Hall–Kier alpha value is -3.52. The van der Waals surface area contributed by atoms with E-state index >= 15 is 0 Å². The molecule has 0 unspecified atom stereocenters. The van der Waals surface area contributed by atoms with Gasteiger partial charge in [0.05, 0.1) is 18.1 Å².